The summed E-state index contributed by atoms with van der Waals surface area (Å²) in [5, 5.41) is 0. The highest BCUT2D eigenvalue weighted by Crippen LogP contribution is 2.25. The van der Waals surface area contributed by atoms with Crippen LogP contribution in [0.25, 0.3) is 0 Å². The molecule has 0 bridgehead atoms. The average Bonchev–Trinajstić information content (AvgIpc) is 2.21. The Morgan fingerprint density at radius 3 is 1.43 bits per heavy atom. The molecular weight excluding hydrogens is 168 g/mol. The van der Waals surface area contributed by atoms with Crippen LogP contribution in [-0.4, -0.2) is 0 Å². The second kappa shape index (κ2) is 3.67. The third kappa shape index (κ3) is 1.85. The van der Waals surface area contributed by atoms with Gasteiger partial charge < -0.3 is 0 Å². The zero-order valence-corrected chi connectivity index (χ0v) is 8.29. The predicted octanol–water partition coefficient (Wildman–Crippen LogP) is 3.87. The second-order valence-electron chi connectivity index (χ2n) is 3.71. The topological polar surface area (TPSA) is 0 Å². The first kappa shape index (κ1) is 9.01. The van der Waals surface area contributed by atoms with E-state index in [0.29, 0.717) is 0 Å². The largest absolute Gasteiger partial charge is 0.0955 e. The van der Waals surface area contributed by atoms with Crippen molar-refractivity contribution in [3.63, 3.8) is 0 Å². The normalized spacial score (nSPS) is 20.9. The molecule has 70 valence electrons. The summed E-state index contributed by atoms with van der Waals surface area (Å²) in [4.78, 5) is 0. The minimum atomic E-state index is 0.970. The summed E-state index contributed by atoms with van der Waals surface area (Å²) in [6.07, 6.45) is 14.8. The van der Waals surface area contributed by atoms with Gasteiger partial charge in [0.1, 0.15) is 0 Å². The standard InChI is InChI=1S/C14H14/c1-11-3-7-13(8-4-11)14-9-5-12(2)6-10-14/h3,5,7-10H,1-2,4,6H2. The van der Waals surface area contributed by atoms with Crippen LogP contribution in [-0.2, 0) is 0 Å². The van der Waals surface area contributed by atoms with E-state index < -0.39 is 0 Å². The first-order valence-electron chi connectivity index (χ1n) is 4.88. The van der Waals surface area contributed by atoms with Crippen molar-refractivity contribution in [2.24, 2.45) is 0 Å². The minimum absolute atomic E-state index is 0.970. The van der Waals surface area contributed by atoms with Gasteiger partial charge in [-0.05, 0) is 24.0 Å². The third-order valence-corrected chi connectivity index (χ3v) is 2.50. The van der Waals surface area contributed by atoms with E-state index in [2.05, 4.69) is 49.6 Å². The van der Waals surface area contributed by atoms with Gasteiger partial charge >= 0.3 is 0 Å². The van der Waals surface area contributed by atoms with Gasteiger partial charge in [-0.25, -0.2) is 0 Å². The van der Waals surface area contributed by atoms with E-state index in [1.807, 2.05) is 0 Å². The van der Waals surface area contributed by atoms with Crippen molar-refractivity contribution in [2.45, 2.75) is 12.8 Å². The molecule has 0 nitrogen and oxygen atoms in total. The monoisotopic (exact) mass is 182 g/mol. The Labute approximate surface area is 85.3 Å². The van der Waals surface area contributed by atoms with Gasteiger partial charge in [0, 0.05) is 0 Å². The summed E-state index contributed by atoms with van der Waals surface area (Å²) in [6, 6.07) is 0. The van der Waals surface area contributed by atoms with Gasteiger partial charge in [-0.3, -0.25) is 0 Å². The average molecular weight is 182 g/mol. The minimum Gasteiger partial charge on any atom is -0.0955 e. The molecule has 2 rings (SSSR count). The van der Waals surface area contributed by atoms with Crippen molar-refractivity contribution in [3.8, 4) is 0 Å². The Kier molecular flexibility index (Phi) is 2.36. The maximum absolute atomic E-state index is 3.92. The molecule has 2 aliphatic carbocycles. The number of allylic oxidation sites excluding steroid dienone is 10. The molecule has 0 amide bonds. The van der Waals surface area contributed by atoms with Crippen LogP contribution >= 0.6 is 0 Å². The van der Waals surface area contributed by atoms with E-state index in [-0.39, 0.29) is 0 Å². The zero-order valence-electron chi connectivity index (χ0n) is 8.29. The molecule has 0 fully saturated rings. The van der Waals surface area contributed by atoms with E-state index in [1.165, 1.54) is 22.3 Å². The lowest BCUT2D eigenvalue weighted by atomic mass is 9.93. The molecule has 0 saturated carbocycles. The van der Waals surface area contributed by atoms with E-state index in [1.54, 1.807) is 0 Å². The summed E-state index contributed by atoms with van der Waals surface area (Å²) in [5.74, 6) is 0. The van der Waals surface area contributed by atoms with E-state index in [0.717, 1.165) is 12.8 Å². The number of rotatable bonds is 1. The third-order valence-electron chi connectivity index (χ3n) is 2.50. The maximum Gasteiger partial charge on any atom is -0.00941 e. The molecule has 0 aromatic heterocycles. The van der Waals surface area contributed by atoms with E-state index in [9.17, 15) is 0 Å². The molecule has 0 aliphatic heterocycles. The van der Waals surface area contributed by atoms with Gasteiger partial charge in [-0.2, -0.15) is 0 Å². The van der Waals surface area contributed by atoms with Gasteiger partial charge in [-0.15, -0.1) is 0 Å². The molecule has 0 spiro atoms. The Balaban J connectivity index is 2.18. The number of hydrogen-bond donors (Lipinski definition) is 0. The molecule has 0 N–H and O–H groups in total. The van der Waals surface area contributed by atoms with Crippen LogP contribution in [0.3, 0.4) is 0 Å². The van der Waals surface area contributed by atoms with Crippen LogP contribution in [0.2, 0.25) is 0 Å². The van der Waals surface area contributed by atoms with Gasteiger partial charge in [0.2, 0.25) is 0 Å². The van der Waals surface area contributed by atoms with Crippen molar-refractivity contribution in [1.82, 2.24) is 0 Å². The van der Waals surface area contributed by atoms with Crippen LogP contribution in [0.15, 0.2) is 71.9 Å². The molecule has 0 unspecified atom stereocenters. The van der Waals surface area contributed by atoms with E-state index in [4.69, 9.17) is 0 Å². The summed E-state index contributed by atoms with van der Waals surface area (Å²) >= 11 is 0. The Bertz CT molecular complexity index is 358. The van der Waals surface area contributed by atoms with Crippen molar-refractivity contribution >= 4 is 0 Å². The summed E-state index contributed by atoms with van der Waals surface area (Å²) in [6.45, 7) is 7.85. The van der Waals surface area contributed by atoms with Crippen molar-refractivity contribution < 1.29 is 0 Å². The van der Waals surface area contributed by atoms with Crippen molar-refractivity contribution in [1.29, 1.82) is 0 Å². The molecule has 0 heteroatoms. The first-order valence-corrected chi connectivity index (χ1v) is 4.88. The Morgan fingerprint density at radius 1 is 0.714 bits per heavy atom. The van der Waals surface area contributed by atoms with Crippen molar-refractivity contribution in [2.75, 3.05) is 0 Å². The Morgan fingerprint density at radius 2 is 1.14 bits per heavy atom. The zero-order chi connectivity index (χ0) is 9.97. The van der Waals surface area contributed by atoms with Crippen LogP contribution in [0.4, 0.5) is 0 Å². The lowest BCUT2D eigenvalue weighted by Crippen LogP contribution is -1.93. The van der Waals surface area contributed by atoms with Crippen LogP contribution in [0.5, 0.6) is 0 Å². The van der Waals surface area contributed by atoms with Gasteiger partial charge in [0.15, 0.2) is 0 Å². The first-order chi connectivity index (χ1) is 6.75. The highest BCUT2D eigenvalue weighted by atomic mass is 14.1. The fraction of sp³-hybridized carbons (Fsp3) is 0.143. The van der Waals surface area contributed by atoms with Crippen LogP contribution in [0, 0.1) is 0 Å². The molecule has 0 atom stereocenters. The second-order valence-corrected chi connectivity index (χ2v) is 3.71. The quantitative estimate of drug-likeness (QED) is 0.577. The highest BCUT2D eigenvalue weighted by Gasteiger charge is 2.05. The maximum atomic E-state index is 3.92. The van der Waals surface area contributed by atoms with Crippen LogP contribution in [0.1, 0.15) is 12.8 Å². The predicted molar refractivity (Wildman–Crippen MR) is 62.0 cm³/mol. The molecule has 0 aromatic carbocycles. The fourth-order valence-electron chi connectivity index (χ4n) is 1.60. The van der Waals surface area contributed by atoms with Gasteiger partial charge in [0.05, 0.1) is 0 Å². The molecule has 0 radical (unpaired) electrons. The molecule has 2 aliphatic rings. The SMILES string of the molecule is C=C1C=CC(C2=CCC(=C)C=C2)=CC1. The van der Waals surface area contributed by atoms with E-state index >= 15 is 0 Å². The summed E-state index contributed by atoms with van der Waals surface area (Å²) in [5.41, 5.74) is 4.97. The molecular formula is C14H14. The Hall–Kier alpha value is -1.56. The lowest BCUT2D eigenvalue weighted by molar-refractivity contribution is 1.20. The smallest absolute Gasteiger partial charge is 0.00941 e. The van der Waals surface area contributed by atoms with Gasteiger partial charge in [0.25, 0.3) is 0 Å². The molecule has 0 aromatic rings. The summed E-state index contributed by atoms with van der Waals surface area (Å²) in [7, 11) is 0. The lowest BCUT2D eigenvalue weighted by Gasteiger charge is -2.12. The molecule has 0 saturated heterocycles. The van der Waals surface area contributed by atoms with Crippen molar-refractivity contribution in [3.05, 3.63) is 71.9 Å². The summed E-state index contributed by atoms with van der Waals surface area (Å²) < 4.78 is 0. The number of hydrogen-bond acceptors (Lipinski definition) is 0. The van der Waals surface area contributed by atoms with Gasteiger partial charge in [-0.1, -0.05) is 60.8 Å². The van der Waals surface area contributed by atoms with Crippen LogP contribution < -0.4 is 0 Å². The fourth-order valence-corrected chi connectivity index (χ4v) is 1.60. The molecule has 14 heavy (non-hydrogen) atoms. The highest BCUT2D eigenvalue weighted by molar-refractivity contribution is 5.53. The molecule has 0 heterocycles.